The Morgan fingerprint density at radius 2 is 2.00 bits per heavy atom. The fourth-order valence-electron chi connectivity index (χ4n) is 3.71. The molecule has 4 rings (SSSR count). The van der Waals surface area contributed by atoms with Gasteiger partial charge in [-0.1, -0.05) is 25.1 Å². The molecule has 0 amide bonds. The summed E-state index contributed by atoms with van der Waals surface area (Å²) in [7, 11) is 0. The molecule has 4 nitrogen and oxygen atoms in total. The zero-order valence-electron chi connectivity index (χ0n) is 15.8. The molecule has 0 saturated carbocycles. The van der Waals surface area contributed by atoms with Gasteiger partial charge in [0.1, 0.15) is 17.0 Å². The Labute approximate surface area is 159 Å². The minimum Gasteiger partial charge on any atom is -0.355 e. The van der Waals surface area contributed by atoms with Gasteiger partial charge in [0.25, 0.3) is 0 Å². The van der Waals surface area contributed by atoms with Crippen LogP contribution >= 0.6 is 11.3 Å². The van der Waals surface area contributed by atoms with E-state index < -0.39 is 0 Å². The topological polar surface area (TPSA) is 41.1 Å². The van der Waals surface area contributed by atoms with Gasteiger partial charge in [0.15, 0.2) is 0 Å². The molecule has 1 fully saturated rings. The quantitative estimate of drug-likeness (QED) is 0.749. The summed E-state index contributed by atoms with van der Waals surface area (Å²) in [6.07, 6.45) is 3.90. The van der Waals surface area contributed by atoms with Crippen molar-refractivity contribution >= 4 is 27.4 Å². The van der Waals surface area contributed by atoms with Crippen molar-refractivity contribution in [3.05, 3.63) is 40.5 Å². The summed E-state index contributed by atoms with van der Waals surface area (Å²) < 4.78 is 0. The van der Waals surface area contributed by atoms with Gasteiger partial charge in [-0.3, -0.25) is 0 Å². The average molecular weight is 367 g/mol. The second kappa shape index (κ2) is 7.33. The summed E-state index contributed by atoms with van der Waals surface area (Å²) in [5.74, 6) is 1.10. The van der Waals surface area contributed by atoms with Crippen molar-refractivity contribution in [3.63, 3.8) is 0 Å². The molecule has 1 saturated heterocycles. The number of benzene rings is 1. The van der Waals surface area contributed by atoms with E-state index in [2.05, 4.69) is 54.2 Å². The first kappa shape index (κ1) is 17.4. The van der Waals surface area contributed by atoms with Gasteiger partial charge in [0, 0.05) is 30.1 Å². The van der Waals surface area contributed by atoms with Gasteiger partial charge in [-0.2, -0.15) is 0 Å². The van der Waals surface area contributed by atoms with Crippen LogP contribution in [0, 0.1) is 13.8 Å². The SMILES string of the molecule is CCc1sc2ncnc(N3CCCNCC3)c2c1-c1ccc(C)c(C)c1. The molecule has 0 radical (unpaired) electrons. The second-order valence-corrected chi connectivity index (χ2v) is 8.10. The summed E-state index contributed by atoms with van der Waals surface area (Å²) in [4.78, 5) is 14.3. The van der Waals surface area contributed by atoms with Crippen LogP contribution in [-0.4, -0.2) is 36.1 Å². The molecule has 1 aromatic carbocycles. The third kappa shape index (κ3) is 3.10. The molecule has 2 aromatic heterocycles. The molecule has 3 aromatic rings. The lowest BCUT2D eigenvalue weighted by Crippen LogP contribution is -2.28. The number of hydrogen-bond donors (Lipinski definition) is 1. The highest BCUT2D eigenvalue weighted by atomic mass is 32.1. The van der Waals surface area contributed by atoms with Crippen LogP contribution in [0.2, 0.25) is 0 Å². The summed E-state index contributed by atoms with van der Waals surface area (Å²) in [5, 5.41) is 4.72. The smallest absolute Gasteiger partial charge is 0.141 e. The van der Waals surface area contributed by atoms with Crippen LogP contribution in [0.3, 0.4) is 0 Å². The molecule has 0 aliphatic carbocycles. The third-order valence-electron chi connectivity index (χ3n) is 5.30. The molecule has 1 aliphatic rings. The zero-order valence-corrected chi connectivity index (χ0v) is 16.6. The van der Waals surface area contributed by atoms with Crippen molar-refractivity contribution in [2.75, 3.05) is 31.1 Å². The van der Waals surface area contributed by atoms with Gasteiger partial charge in [-0.05, 0) is 49.9 Å². The number of fused-ring (bicyclic) bond motifs is 1. The predicted molar refractivity (Wildman–Crippen MR) is 111 cm³/mol. The maximum Gasteiger partial charge on any atom is 0.141 e. The molecule has 1 aliphatic heterocycles. The zero-order chi connectivity index (χ0) is 18.1. The van der Waals surface area contributed by atoms with Crippen molar-refractivity contribution in [2.24, 2.45) is 0 Å². The molecule has 1 N–H and O–H groups in total. The third-order valence-corrected chi connectivity index (χ3v) is 6.54. The van der Waals surface area contributed by atoms with Gasteiger partial charge < -0.3 is 10.2 Å². The lowest BCUT2D eigenvalue weighted by Gasteiger charge is -2.22. The minimum absolute atomic E-state index is 0.996. The fraction of sp³-hybridized carbons (Fsp3) is 0.429. The standard InChI is InChI=1S/C21H26N4S/c1-4-17-18(16-7-6-14(2)15(3)12-16)19-20(23-13-24-21(19)26-17)25-10-5-8-22-9-11-25/h6-7,12-13,22H,4-5,8-11H2,1-3H3. The molecule has 0 bridgehead atoms. The molecule has 5 heteroatoms. The van der Waals surface area contributed by atoms with Crippen molar-refractivity contribution in [1.29, 1.82) is 0 Å². The normalized spacial score (nSPS) is 15.4. The Balaban J connectivity index is 1.94. The van der Waals surface area contributed by atoms with E-state index in [0.29, 0.717) is 0 Å². The van der Waals surface area contributed by atoms with Crippen LogP contribution in [0.1, 0.15) is 29.3 Å². The van der Waals surface area contributed by atoms with Gasteiger partial charge in [0.2, 0.25) is 0 Å². The molecule has 136 valence electrons. The molecular formula is C21H26N4S. The van der Waals surface area contributed by atoms with Gasteiger partial charge in [-0.15, -0.1) is 11.3 Å². The Bertz CT molecular complexity index is 923. The highest BCUT2D eigenvalue weighted by Gasteiger charge is 2.22. The maximum absolute atomic E-state index is 4.74. The number of nitrogens with one attached hydrogen (secondary N) is 1. The Hall–Kier alpha value is -1.98. The van der Waals surface area contributed by atoms with E-state index in [-0.39, 0.29) is 0 Å². The van der Waals surface area contributed by atoms with Crippen molar-refractivity contribution < 1.29 is 0 Å². The molecule has 0 unspecified atom stereocenters. The number of nitrogens with zero attached hydrogens (tertiary/aromatic N) is 3. The summed E-state index contributed by atoms with van der Waals surface area (Å²) in [6, 6.07) is 6.80. The number of hydrogen-bond acceptors (Lipinski definition) is 5. The van der Waals surface area contributed by atoms with Gasteiger partial charge in [-0.25, -0.2) is 9.97 Å². The molecular weight excluding hydrogens is 340 g/mol. The first-order chi connectivity index (χ1) is 12.7. The Kier molecular flexibility index (Phi) is 4.92. The predicted octanol–water partition coefficient (Wildman–Crippen LogP) is 4.34. The number of aromatic nitrogens is 2. The number of thiophene rings is 1. The highest BCUT2D eigenvalue weighted by molar-refractivity contribution is 7.19. The summed E-state index contributed by atoms with van der Waals surface area (Å²) in [5.41, 5.74) is 5.30. The van der Waals surface area contributed by atoms with E-state index in [1.54, 1.807) is 6.33 Å². The van der Waals surface area contributed by atoms with Gasteiger partial charge in [0.05, 0.1) is 5.39 Å². The van der Waals surface area contributed by atoms with Crippen LogP contribution in [0.5, 0.6) is 0 Å². The van der Waals surface area contributed by atoms with Crippen LogP contribution in [0.4, 0.5) is 5.82 Å². The molecule has 0 atom stereocenters. The van der Waals surface area contributed by atoms with Crippen LogP contribution < -0.4 is 10.2 Å². The van der Waals surface area contributed by atoms with E-state index in [1.165, 1.54) is 32.5 Å². The Morgan fingerprint density at radius 3 is 2.81 bits per heavy atom. The highest BCUT2D eigenvalue weighted by Crippen LogP contribution is 2.42. The van der Waals surface area contributed by atoms with E-state index in [4.69, 9.17) is 4.98 Å². The summed E-state index contributed by atoms with van der Waals surface area (Å²) in [6.45, 7) is 10.7. The van der Waals surface area contributed by atoms with E-state index >= 15 is 0 Å². The maximum atomic E-state index is 4.74. The van der Waals surface area contributed by atoms with E-state index in [1.807, 2.05) is 11.3 Å². The number of rotatable bonds is 3. The lowest BCUT2D eigenvalue weighted by molar-refractivity contribution is 0.724. The van der Waals surface area contributed by atoms with Crippen molar-refractivity contribution in [3.8, 4) is 11.1 Å². The first-order valence-corrected chi connectivity index (χ1v) is 10.3. The molecule has 3 heterocycles. The van der Waals surface area contributed by atoms with E-state index in [0.717, 1.165) is 49.7 Å². The summed E-state index contributed by atoms with van der Waals surface area (Å²) >= 11 is 1.82. The average Bonchev–Trinajstić information content (AvgIpc) is 2.83. The molecule has 0 spiro atoms. The van der Waals surface area contributed by atoms with Crippen LogP contribution in [0.15, 0.2) is 24.5 Å². The van der Waals surface area contributed by atoms with Crippen LogP contribution in [-0.2, 0) is 6.42 Å². The van der Waals surface area contributed by atoms with Crippen molar-refractivity contribution in [1.82, 2.24) is 15.3 Å². The van der Waals surface area contributed by atoms with Crippen molar-refractivity contribution in [2.45, 2.75) is 33.6 Å². The lowest BCUT2D eigenvalue weighted by atomic mass is 9.98. The first-order valence-electron chi connectivity index (χ1n) is 9.48. The van der Waals surface area contributed by atoms with Gasteiger partial charge >= 0.3 is 0 Å². The largest absolute Gasteiger partial charge is 0.355 e. The second-order valence-electron chi connectivity index (χ2n) is 7.02. The minimum atomic E-state index is 0.996. The molecule has 26 heavy (non-hydrogen) atoms. The number of anilines is 1. The van der Waals surface area contributed by atoms with E-state index in [9.17, 15) is 0 Å². The monoisotopic (exact) mass is 366 g/mol. The van der Waals surface area contributed by atoms with Crippen LogP contribution in [0.25, 0.3) is 21.3 Å². The Morgan fingerprint density at radius 1 is 1.12 bits per heavy atom. The number of aryl methyl sites for hydroxylation is 3. The fourth-order valence-corrected chi connectivity index (χ4v) is 4.81.